The molecule has 1 aromatic rings. The molecule has 3 nitrogen and oxygen atoms in total. The third kappa shape index (κ3) is 5.51. The van der Waals surface area contributed by atoms with Gasteiger partial charge in [0, 0.05) is 37.6 Å². The topological polar surface area (TPSA) is 28.2 Å². The van der Waals surface area contributed by atoms with Gasteiger partial charge in [0.1, 0.15) is 0 Å². The van der Waals surface area contributed by atoms with Gasteiger partial charge in [-0.25, -0.2) is 0 Å². The summed E-state index contributed by atoms with van der Waals surface area (Å²) in [4.78, 5) is 7.12. The van der Waals surface area contributed by atoms with E-state index in [2.05, 4.69) is 52.9 Å². The average molecular weight is 279 g/mol. The predicted molar refractivity (Wildman–Crippen MR) is 83.4 cm³/mol. The van der Waals surface area contributed by atoms with Crippen molar-refractivity contribution in [3.8, 4) is 0 Å². The molecule has 1 aromatic heterocycles. The van der Waals surface area contributed by atoms with E-state index < -0.39 is 0 Å². The zero-order valence-electron chi connectivity index (χ0n) is 12.1. The Hall–Kier alpha value is -0.580. The first kappa shape index (κ1) is 14.8. The Kier molecular flexibility index (Phi) is 6.14. The van der Waals surface area contributed by atoms with Crippen molar-refractivity contribution < 1.29 is 0 Å². The van der Waals surface area contributed by atoms with E-state index in [4.69, 9.17) is 0 Å². The van der Waals surface area contributed by atoms with Crippen LogP contribution in [0.15, 0.2) is 18.3 Å². The number of nitrogens with one attached hydrogen (secondary N) is 1. The van der Waals surface area contributed by atoms with Crippen molar-refractivity contribution in [3.63, 3.8) is 0 Å². The molecule has 106 valence electrons. The van der Waals surface area contributed by atoms with Gasteiger partial charge >= 0.3 is 0 Å². The summed E-state index contributed by atoms with van der Waals surface area (Å²) in [5.41, 5.74) is 2.46. The summed E-state index contributed by atoms with van der Waals surface area (Å²) < 4.78 is 0. The molecule has 0 aromatic carbocycles. The van der Waals surface area contributed by atoms with Crippen LogP contribution in [-0.2, 0) is 13.1 Å². The summed E-state index contributed by atoms with van der Waals surface area (Å²) in [6.45, 7) is 8.65. The molecule has 19 heavy (non-hydrogen) atoms. The molecule has 4 heteroatoms. The van der Waals surface area contributed by atoms with E-state index in [-0.39, 0.29) is 0 Å². The molecule has 0 bridgehead atoms. The molecule has 1 fully saturated rings. The molecule has 0 aliphatic carbocycles. The Morgan fingerprint density at radius 3 is 2.95 bits per heavy atom. The fraction of sp³-hybridized carbons (Fsp3) is 0.667. The lowest BCUT2D eigenvalue weighted by atomic mass is 10.2. The van der Waals surface area contributed by atoms with Gasteiger partial charge in [-0.15, -0.1) is 0 Å². The summed E-state index contributed by atoms with van der Waals surface area (Å²) in [5.74, 6) is 2.57. The maximum absolute atomic E-state index is 4.59. The van der Waals surface area contributed by atoms with Gasteiger partial charge in [-0.1, -0.05) is 19.9 Å². The monoisotopic (exact) mass is 279 g/mol. The van der Waals surface area contributed by atoms with E-state index in [0.717, 1.165) is 13.1 Å². The number of hydrogen-bond acceptors (Lipinski definition) is 4. The van der Waals surface area contributed by atoms with Crippen LogP contribution in [-0.4, -0.2) is 40.5 Å². The van der Waals surface area contributed by atoms with Crippen LogP contribution in [0.2, 0.25) is 0 Å². The predicted octanol–water partition coefficient (Wildman–Crippen LogP) is 2.52. The molecular weight excluding hydrogens is 254 g/mol. The Morgan fingerprint density at radius 1 is 1.32 bits per heavy atom. The van der Waals surface area contributed by atoms with Crippen molar-refractivity contribution in [2.75, 3.05) is 24.6 Å². The smallest absolute Gasteiger partial charge is 0.0544 e. The lowest BCUT2D eigenvalue weighted by Crippen LogP contribution is -2.26. The Morgan fingerprint density at radius 2 is 2.21 bits per heavy atom. The number of rotatable bonds is 5. The number of pyridine rings is 1. The maximum atomic E-state index is 4.59. The van der Waals surface area contributed by atoms with E-state index in [1.54, 1.807) is 0 Å². The first-order valence-electron chi connectivity index (χ1n) is 7.21. The van der Waals surface area contributed by atoms with Gasteiger partial charge in [-0.3, -0.25) is 9.88 Å². The normalized spacial score (nSPS) is 17.6. The molecule has 1 N–H and O–H groups in total. The summed E-state index contributed by atoms with van der Waals surface area (Å²) in [5, 5.41) is 3.42. The number of aromatic nitrogens is 1. The fourth-order valence-corrected chi connectivity index (χ4v) is 3.08. The highest BCUT2D eigenvalue weighted by atomic mass is 32.2. The minimum absolute atomic E-state index is 0.522. The second-order valence-electron chi connectivity index (χ2n) is 5.44. The summed E-state index contributed by atoms with van der Waals surface area (Å²) >= 11 is 2.07. The van der Waals surface area contributed by atoms with Crippen molar-refractivity contribution in [3.05, 3.63) is 29.6 Å². The molecule has 0 atom stereocenters. The summed E-state index contributed by atoms with van der Waals surface area (Å²) in [7, 11) is 0. The highest BCUT2D eigenvalue weighted by molar-refractivity contribution is 7.99. The molecule has 0 amide bonds. The van der Waals surface area contributed by atoms with E-state index in [1.807, 2.05) is 6.20 Å². The van der Waals surface area contributed by atoms with Crippen LogP contribution in [0.4, 0.5) is 0 Å². The number of thioether (sulfide) groups is 1. The zero-order valence-corrected chi connectivity index (χ0v) is 12.9. The van der Waals surface area contributed by atoms with Gasteiger partial charge in [0.15, 0.2) is 0 Å². The molecule has 0 unspecified atom stereocenters. The van der Waals surface area contributed by atoms with Crippen LogP contribution in [0.5, 0.6) is 0 Å². The lowest BCUT2D eigenvalue weighted by molar-refractivity contribution is 0.284. The number of nitrogens with zero attached hydrogens (tertiary/aromatic N) is 2. The quantitative estimate of drug-likeness (QED) is 0.896. The average Bonchev–Trinajstić information content (AvgIpc) is 2.66. The van der Waals surface area contributed by atoms with Crippen LogP contribution in [0, 0.1) is 0 Å². The van der Waals surface area contributed by atoms with Gasteiger partial charge in [-0.2, -0.15) is 11.8 Å². The van der Waals surface area contributed by atoms with Gasteiger partial charge in [0.2, 0.25) is 0 Å². The lowest BCUT2D eigenvalue weighted by Gasteiger charge is -2.18. The standard InChI is InChI=1S/C15H25N3S/c1-13(2)16-10-14-4-5-15(17-11-14)12-18-6-3-8-19-9-7-18/h4-5,11,13,16H,3,6-10,12H2,1-2H3. The molecule has 0 radical (unpaired) electrons. The van der Waals surface area contributed by atoms with Gasteiger partial charge in [-0.05, 0) is 30.3 Å². The SMILES string of the molecule is CC(C)NCc1ccc(CN2CCCSCC2)nc1. The van der Waals surface area contributed by atoms with Crippen molar-refractivity contribution in [1.82, 2.24) is 15.2 Å². The van der Waals surface area contributed by atoms with Crippen LogP contribution < -0.4 is 5.32 Å². The minimum Gasteiger partial charge on any atom is -0.310 e. The summed E-state index contributed by atoms with van der Waals surface area (Å²) in [6.07, 6.45) is 3.32. The highest BCUT2D eigenvalue weighted by Gasteiger charge is 2.10. The molecule has 1 saturated heterocycles. The Balaban J connectivity index is 1.83. The molecule has 2 rings (SSSR count). The largest absolute Gasteiger partial charge is 0.310 e. The molecule has 0 saturated carbocycles. The van der Waals surface area contributed by atoms with Crippen LogP contribution in [0.1, 0.15) is 31.5 Å². The van der Waals surface area contributed by atoms with E-state index in [0.29, 0.717) is 6.04 Å². The first-order chi connectivity index (χ1) is 9.24. The molecule has 2 heterocycles. The summed E-state index contributed by atoms with van der Waals surface area (Å²) in [6, 6.07) is 4.90. The van der Waals surface area contributed by atoms with E-state index in [9.17, 15) is 0 Å². The first-order valence-corrected chi connectivity index (χ1v) is 8.37. The minimum atomic E-state index is 0.522. The zero-order chi connectivity index (χ0) is 13.5. The molecular formula is C15H25N3S. The van der Waals surface area contributed by atoms with Crippen molar-refractivity contribution in [2.24, 2.45) is 0 Å². The third-order valence-corrected chi connectivity index (χ3v) is 4.35. The Labute approximate surface area is 121 Å². The van der Waals surface area contributed by atoms with Crippen molar-refractivity contribution in [1.29, 1.82) is 0 Å². The molecule has 1 aliphatic rings. The van der Waals surface area contributed by atoms with E-state index >= 15 is 0 Å². The fourth-order valence-electron chi connectivity index (χ4n) is 2.16. The van der Waals surface area contributed by atoms with Crippen LogP contribution >= 0.6 is 11.8 Å². The van der Waals surface area contributed by atoms with Crippen molar-refractivity contribution in [2.45, 2.75) is 39.4 Å². The molecule has 1 aliphatic heterocycles. The third-order valence-electron chi connectivity index (χ3n) is 3.30. The Bertz CT molecular complexity index is 356. The van der Waals surface area contributed by atoms with Gasteiger partial charge < -0.3 is 5.32 Å². The highest BCUT2D eigenvalue weighted by Crippen LogP contribution is 2.12. The van der Waals surface area contributed by atoms with Crippen LogP contribution in [0.3, 0.4) is 0 Å². The van der Waals surface area contributed by atoms with Gasteiger partial charge in [0.05, 0.1) is 5.69 Å². The maximum Gasteiger partial charge on any atom is 0.0544 e. The molecule has 0 spiro atoms. The van der Waals surface area contributed by atoms with Crippen LogP contribution in [0.25, 0.3) is 0 Å². The van der Waals surface area contributed by atoms with E-state index in [1.165, 1.54) is 42.3 Å². The second kappa shape index (κ2) is 7.88. The number of hydrogen-bond donors (Lipinski definition) is 1. The van der Waals surface area contributed by atoms with Gasteiger partial charge in [0.25, 0.3) is 0 Å². The van der Waals surface area contributed by atoms with Crippen molar-refractivity contribution >= 4 is 11.8 Å². The second-order valence-corrected chi connectivity index (χ2v) is 6.66.